The third-order valence-corrected chi connectivity index (χ3v) is 2.57. The summed E-state index contributed by atoms with van der Waals surface area (Å²) < 4.78 is 4.55. The summed E-state index contributed by atoms with van der Waals surface area (Å²) >= 11 is 0. The van der Waals surface area contributed by atoms with Gasteiger partial charge < -0.3 is 9.72 Å². The summed E-state index contributed by atoms with van der Waals surface area (Å²) in [4.78, 5) is 30.6. The molecule has 0 aliphatic heterocycles. The number of esters is 1. The highest BCUT2D eigenvalue weighted by atomic mass is 16.5. The van der Waals surface area contributed by atoms with Crippen molar-refractivity contribution in [2.24, 2.45) is 0 Å². The molecule has 2 aromatic heterocycles. The van der Waals surface area contributed by atoms with Crippen LogP contribution in [0.1, 0.15) is 21.6 Å². The van der Waals surface area contributed by atoms with Gasteiger partial charge in [-0.3, -0.25) is 4.79 Å². The van der Waals surface area contributed by atoms with E-state index in [-0.39, 0.29) is 11.0 Å². The van der Waals surface area contributed by atoms with Crippen LogP contribution in [0.2, 0.25) is 0 Å². The molecule has 1 N–H and O–H groups in total. The number of hydrogen-bond donors (Lipinski definition) is 1. The molecule has 0 saturated carbocycles. The van der Waals surface area contributed by atoms with Crippen LogP contribution in [-0.4, -0.2) is 23.0 Å². The minimum absolute atomic E-state index is 0.00578. The van der Waals surface area contributed by atoms with E-state index in [0.717, 1.165) is 11.3 Å². The number of aromatic nitrogens is 2. The van der Waals surface area contributed by atoms with Crippen molar-refractivity contribution in [3.05, 3.63) is 39.3 Å². The van der Waals surface area contributed by atoms with Crippen molar-refractivity contribution in [3.63, 3.8) is 0 Å². The summed E-state index contributed by atoms with van der Waals surface area (Å²) in [5, 5.41) is 0.429. The van der Waals surface area contributed by atoms with E-state index in [0.29, 0.717) is 11.0 Å². The van der Waals surface area contributed by atoms with Crippen molar-refractivity contribution < 1.29 is 9.53 Å². The van der Waals surface area contributed by atoms with E-state index in [2.05, 4.69) is 14.7 Å². The maximum atomic E-state index is 12.1. The number of fused-ring (bicyclic) bond motifs is 1. The molecule has 2 aromatic rings. The molecule has 0 spiro atoms. The number of rotatable bonds is 1. The van der Waals surface area contributed by atoms with Gasteiger partial charge in [0.1, 0.15) is 11.2 Å². The zero-order chi connectivity index (χ0) is 12.6. The Morgan fingerprint density at radius 2 is 2.12 bits per heavy atom. The fraction of sp³-hybridized carbons (Fsp3) is 0.250. The van der Waals surface area contributed by atoms with Gasteiger partial charge in [-0.25, -0.2) is 9.78 Å². The molecular weight excluding hydrogens is 220 g/mol. The first-order chi connectivity index (χ1) is 8.04. The lowest BCUT2D eigenvalue weighted by Crippen LogP contribution is -2.18. The molecule has 0 aliphatic carbocycles. The predicted molar refractivity (Wildman–Crippen MR) is 63.2 cm³/mol. The van der Waals surface area contributed by atoms with Crippen molar-refractivity contribution in [3.8, 4) is 0 Å². The van der Waals surface area contributed by atoms with Crippen molar-refractivity contribution in [2.75, 3.05) is 7.11 Å². The summed E-state index contributed by atoms with van der Waals surface area (Å²) in [6.45, 7) is 3.66. The van der Waals surface area contributed by atoms with Gasteiger partial charge in [0.05, 0.1) is 12.5 Å². The number of hydrogen-bond acceptors (Lipinski definition) is 4. The summed E-state index contributed by atoms with van der Waals surface area (Å²) in [5.74, 6) is -0.645. The van der Waals surface area contributed by atoms with Gasteiger partial charge >= 0.3 is 5.97 Å². The molecule has 0 atom stereocenters. The van der Waals surface area contributed by atoms with Gasteiger partial charge in [-0.05, 0) is 25.5 Å². The minimum Gasteiger partial charge on any atom is -0.465 e. The summed E-state index contributed by atoms with van der Waals surface area (Å²) in [6.07, 6.45) is 1.34. The number of nitrogens with one attached hydrogen (secondary N) is 1. The van der Waals surface area contributed by atoms with Crippen LogP contribution in [0.3, 0.4) is 0 Å². The summed E-state index contributed by atoms with van der Waals surface area (Å²) in [6, 6.07) is 1.80. The number of carbonyl (C=O) groups is 1. The van der Waals surface area contributed by atoms with E-state index in [1.54, 1.807) is 6.07 Å². The Bertz CT molecular complexity index is 659. The molecule has 17 heavy (non-hydrogen) atoms. The number of H-pyrrole nitrogens is 1. The Morgan fingerprint density at radius 1 is 1.41 bits per heavy atom. The second-order valence-electron chi connectivity index (χ2n) is 3.83. The van der Waals surface area contributed by atoms with Crippen molar-refractivity contribution in [2.45, 2.75) is 13.8 Å². The third-order valence-electron chi connectivity index (χ3n) is 2.57. The predicted octanol–water partition coefficient (Wildman–Crippen LogP) is 1.33. The topological polar surface area (TPSA) is 72.1 Å². The molecule has 2 heterocycles. The van der Waals surface area contributed by atoms with E-state index in [1.807, 2.05) is 13.8 Å². The number of aryl methyl sites for hydroxylation is 2. The highest BCUT2D eigenvalue weighted by molar-refractivity contribution is 5.93. The molecule has 0 amide bonds. The Hall–Kier alpha value is -2.17. The summed E-state index contributed by atoms with van der Waals surface area (Å²) in [7, 11) is 1.24. The number of nitrogens with zero attached hydrogens (tertiary/aromatic N) is 1. The van der Waals surface area contributed by atoms with Gasteiger partial charge in [-0.1, -0.05) is 0 Å². The number of pyridine rings is 2. The maximum Gasteiger partial charge on any atom is 0.343 e. The molecular formula is C12H12N2O3. The number of ether oxygens (including phenoxy) is 1. The van der Waals surface area contributed by atoms with Crippen LogP contribution in [0.25, 0.3) is 11.0 Å². The largest absolute Gasteiger partial charge is 0.465 e. The zero-order valence-electron chi connectivity index (χ0n) is 9.83. The van der Waals surface area contributed by atoms with E-state index >= 15 is 0 Å². The smallest absolute Gasteiger partial charge is 0.343 e. The minimum atomic E-state index is -0.645. The molecule has 0 radical (unpaired) electrons. The average Bonchev–Trinajstić information content (AvgIpc) is 2.27. The third kappa shape index (κ3) is 1.80. The quantitative estimate of drug-likeness (QED) is 0.753. The van der Waals surface area contributed by atoms with Crippen LogP contribution in [0.4, 0.5) is 0 Å². The van der Waals surface area contributed by atoms with E-state index in [9.17, 15) is 9.59 Å². The number of methoxy groups -OCH3 is 1. The standard InChI is InChI=1S/C12H12N2O3/c1-6-4-7(2)14-11-9(6)10(15)8(5-13-11)12(16)17-3/h4-5H,1-3H3,(H,13,14,15). The number of carbonyl (C=O) groups excluding carboxylic acids is 1. The molecule has 88 valence electrons. The van der Waals surface area contributed by atoms with Crippen LogP contribution >= 0.6 is 0 Å². The van der Waals surface area contributed by atoms with Crippen LogP contribution in [0, 0.1) is 13.8 Å². The molecule has 0 saturated heterocycles. The first-order valence-corrected chi connectivity index (χ1v) is 5.12. The Labute approximate surface area is 97.4 Å². The molecule has 2 rings (SSSR count). The van der Waals surface area contributed by atoms with Crippen LogP contribution in [0.15, 0.2) is 17.1 Å². The first-order valence-electron chi connectivity index (χ1n) is 5.12. The van der Waals surface area contributed by atoms with Gasteiger partial charge in [0.2, 0.25) is 5.43 Å². The molecule has 0 aromatic carbocycles. The van der Waals surface area contributed by atoms with Crippen LogP contribution in [-0.2, 0) is 4.74 Å². The molecule has 0 aliphatic rings. The van der Waals surface area contributed by atoms with Crippen molar-refractivity contribution in [1.29, 1.82) is 0 Å². The van der Waals surface area contributed by atoms with Gasteiger partial charge in [-0.2, -0.15) is 0 Å². The van der Waals surface area contributed by atoms with Crippen molar-refractivity contribution >= 4 is 17.0 Å². The van der Waals surface area contributed by atoms with Gasteiger partial charge in [0.15, 0.2) is 0 Å². The Morgan fingerprint density at radius 3 is 2.76 bits per heavy atom. The summed E-state index contributed by atoms with van der Waals surface area (Å²) in [5.41, 5.74) is 1.74. The first kappa shape index (κ1) is 11.3. The molecule has 0 fully saturated rings. The lowest BCUT2D eigenvalue weighted by molar-refractivity contribution is 0.0599. The number of aromatic amines is 1. The molecule has 0 bridgehead atoms. The normalized spacial score (nSPS) is 10.5. The van der Waals surface area contributed by atoms with Gasteiger partial charge in [0.25, 0.3) is 0 Å². The highest BCUT2D eigenvalue weighted by Gasteiger charge is 2.15. The zero-order valence-corrected chi connectivity index (χ0v) is 9.83. The fourth-order valence-corrected chi connectivity index (χ4v) is 1.83. The average molecular weight is 232 g/mol. The van der Waals surface area contributed by atoms with E-state index in [4.69, 9.17) is 0 Å². The maximum absolute atomic E-state index is 12.1. The highest BCUT2D eigenvalue weighted by Crippen LogP contribution is 2.12. The van der Waals surface area contributed by atoms with Gasteiger partial charge in [-0.15, -0.1) is 0 Å². The van der Waals surface area contributed by atoms with E-state index in [1.165, 1.54) is 13.3 Å². The van der Waals surface area contributed by atoms with Crippen LogP contribution < -0.4 is 5.43 Å². The lowest BCUT2D eigenvalue weighted by Gasteiger charge is -2.04. The second-order valence-corrected chi connectivity index (χ2v) is 3.83. The lowest BCUT2D eigenvalue weighted by atomic mass is 10.1. The SMILES string of the molecule is COC(=O)c1c[nH]c2nc(C)cc(C)c2c1=O. The fourth-order valence-electron chi connectivity index (χ4n) is 1.83. The van der Waals surface area contributed by atoms with Gasteiger partial charge in [0, 0.05) is 11.9 Å². The molecule has 0 unspecified atom stereocenters. The molecule has 5 heteroatoms. The second kappa shape index (κ2) is 4.01. The Kier molecular flexibility index (Phi) is 2.67. The monoisotopic (exact) mass is 232 g/mol. The van der Waals surface area contributed by atoms with E-state index < -0.39 is 5.97 Å². The van der Waals surface area contributed by atoms with Crippen LogP contribution in [0.5, 0.6) is 0 Å². The molecule has 5 nitrogen and oxygen atoms in total. The van der Waals surface area contributed by atoms with Crippen molar-refractivity contribution in [1.82, 2.24) is 9.97 Å². The Balaban J connectivity index is 2.85.